The van der Waals surface area contributed by atoms with Gasteiger partial charge in [0, 0.05) is 5.75 Å². The second-order valence-electron chi connectivity index (χ2n) is 3.30. The van der Waals surface area contributed by atoms with E-state index < -0.39 is 17.6 Å². The third-order valence-electron chi connectivity index (χ3n) is 2.17. The summed E-state index contributed by atoms with van der Waals surface area (Å²) in [6, 6.07) is 2.31. The Hall–Kier alpha value is -0.765. The van der Waals surface area contributed by atoms with E-state index in [1.165, 1.54) is 6.07 Å². The lowest BCUT2D eigenvalue weighted by Crippen LogP contribution is -2.33. The summed E-state index contributed by atoms with van der Waals surface area (Å²) in [4.78, 5) is 0. The molecule has 2 N–H and O–H groups in total. The van der Waals surface area contributed by atoms with Gasteiger partial charge >= 0.3 is 17.6 Å². The van der Waals surface area contributed by atoms with E-state index in [1.54, 1.807) is 6.92 Å². The summed E-state index contributed by atoms with van der Waals surface area (Å²) >= 11 is 3.99. The molecule has 0 atom stereocenters. The van der Waals surface area contributed by atoms with Gasteiger partial charge in [0.15, 0.2) is 0 Å². The van der Waals surface area contributed by atoms with Crippen LogP contribution in [0.2, 0.25) is 0 Å². The van der Waals surface area contributed by atoms with Crippen molar-refractivity contribution < 1.29 is 26.5 Å². The van der Waals surface area contributed by atoms with Crippen molar-refractivity contribution in [2.24, 2.45) is 0 Å². The quantitative estimate of drug-likeness (QED) is 0.400. The third-order valence-corrected chi connectivity index (χ3v) is 2.91. The molecular weight excluding hydrogens is 270 g/mol. The monoisotopic (exact) mass is 280 g/mol. The van der Waals surface area contributed by atoms with Crippen LogP contribution in [0.5, 0.6) is 5.75 Å². The van der Waals surface area contributed by atoms with Gasteiger partial charge in [-0.15, -0.1) is 0 Å². The van der Waals surface area contributed by atoms with Crippen molar-refractivity contribution in [3.63, 3.8) is 0 Å². The molecule has 1 rings (SSSR count). The average molecular weight is 280 g/mol. The van der Waals surface area contributed by atoms with Crippen LogP contribution in [0.15, 0.2) is 12.1 Å². The minimum absolute atomic E-state index is 0.0372. The first kappa shape index (κ1) is 14.3. The molecule has 0 aromatic heterocycles. The van der Waals surface area contributed by atoms with Crippen LogP contribution < -0.4 is 9.65 Å². The highest BCUT2D eigenvalue weighted by atomic mass is 32.3. The van der Waals surface area contributed by atoms with Crippen LogP contribution in [-0.4, -0.2) is 25.6 Å². The van der Waals surface area contributed by atoms with Gasteiger partial charge in [-0.2, -0.15) is 21.0 Å². The highest BCUT2D eigenvalue weighted by Crippen LogP contribution is 2.19. The van der Waals surface area contributed by atoms with Gasteiger partial charge in [-0.05, 0) is 35.6 Å². The lowest BCUT2D eigenvalue weighted by molar-refractivity contribution is 0.423. The van der Waals surface area contributed by atoms with Gasteiger partial charge in [0.2, 0.25) is 0 Å². The summed E-state index contributed by atoms with van der Waals surface area (Å²) < 4.78 is 37.1. The van der Waals surface area contributed by atoms with E-state index >= 15 is 0 Å². The number of thiol groups is 1. The topological polar surface area (TPSA) is 83.8 Å². The van der Waals surface area contributed by atoms with Crippen LogP contribution >= 0.6 is 12.6 Å². The molecule has 5 nitrogen and oxygen atoms in total. The van der Waals surface area contributed by atoms with Crippen LogP contribution in [0.25, 0.3) is 0 Å². The Labute approximate surface area is 104 Å². The van der Waals surface area contributed by atoms with E-state index in [-0.39, 0.29) is 17.0 Å². The molecule has 0 saturated carbocycles. The predicted octanol–water partition coefficient (Wildman–Crippen LogP) is -0.302. The Morgan fingerprint density at radius 1 is 1.47 bits per heavy atom. The largest absolute Gasteiger partial charge is 0.488 e. The third kappa shape index (κ3) is 3.88. The molecule has 1 aromatic carbocycles. The fourth-order valence-electron chi connectivity index (χ4n) is 1.36. The first-order valence-electron chi connectivity index (χ1n) is 4.49. The van der Waals surface area contributed by atoms with Crippen molar-refractivity contribution in [1.29, 1.82) is 0 Å². The number of halogens is 1. The smallest absolute Gasteiger partial charge is 0.423 e. The Bertz CT molecular complexity index is 517. The van der Waals surface area contributed by atoms with E-state index in [1.807, 2.05) is 0 Å². The van der Waals surface area contributed by atoms with Crippen molar-refractivity contribution in [3.05, 3.63) is 23.3 Å². The second-order valence-corrected chi connectivity index (χ2v) is 4.57. The average Bonchev–Trinajstić information content (AvgIpc) is 2.17. The zero-order chi connectivity index (χ0) is 13.2. The second kappa shape index (κ2) is 5.26. The number of rotatable bonds is 4. The van der Waals surface area contributed by atoms with Crippen LogP contribution in [0.3, 0.4) is 0 Å². The van der Waals surface area contributed by atoms with Gasteiger partial charge in [0.25, 0.3) is 0 Å². The molecule has 0 heterocycles. The van der Waals surface area contributed by atoms with Gasteiger partial charge in [-0.25, -0.2) is 0 Å². The highest BCUT2D eigenvalue weighted by Gasteiger charge is 2.20. The van der Waals surface area contributed by atoms with Gasteiger partial charge in [-0.3, -0.25) is 0 Å². The number of hydrogen-bond acceptors (Lipinski definition) is 6. The summed E-state index contributed by atoms with van der Waals surface area (Å²) in [7, 11) is -6.95. The lowest BCUT2D eigenvalue weighted by Gasteiger charge is -2.11. The first-order chi connectivity index (χ1) is 7.74. The number of hydrogen-bond donors (Lipinski definition) is 3. The van der Waals surface area contributed by atoms with Gasteiger partial charge < -0.3 is 14.2 Å². The van der Waals surface area contributed by atoms with Crippen molar-refractivity contribution >= 4 is 35.7 Å². The maximum Gasteiger partial charge on any atom is 0.488 e. The van der Waals surface area contributed by atoms with Crippen LogP contribution in [0.1, 0.15) is 11.1 Å². The summed E-state index contributed by atoms with van der Waals surface area (Å²) in [6.07, 6.45) is 0. The van der Waals surface area contributed by atoms with E-state index in [0.29, 0.717) is 11.1 Å². The molecule has 0 fully saturated rings. The van der Waals surface area contributed by atoms with Gasteiger partial charge in [-0.1, -0.05) is 3.89 Å². The molecule has 0 aliphatic heterocycles. The molecule has 0 aliphatic carbocycles. The molecule has 94 valence electrons. The van der Waals surface area contributed by atoms with E-state index in [2.05, 4.69) is 16.8 Å². The van der Waals surface area contributed by atoms with E-state index in [9.17, 15) is 12.3 Å². The molecule has 0 spiro atoms. The Morgan fingerprint density at radius 3 is 2.47 bits per heavy atom. The Kier molecular flexibility index (Phi) is 4.42. The molecule has 1 aromatic rings. The molecule has 9 heteroatoms. The van der Waals surface area contributed by atoms with Crippen molar-refractivity contribution in [1.82, 2.24) is 0 Å². The summed E-state index contributed by atoms with van der Waals surface area (Å²) in [5.74, 6) is -0.111. The van der Waals surface area contributed by atoms with Crippen molar-refractivity contribution in [3.8, 4) is 5.75 Å². The van der Waals surface area contributed by atoms with Crippen molar-refractivity contribution in [2.45, 2.75) is 12.7 Å². The zero-order valence-corrected chi connectivity index (χ0v) is 10.5. The van der Waals surface area contributed by atoms with Gasteiger partial charge in [0.1, 0.15) is 5.75 Å². The summed E-state index contributed by atoms with van der Waals surface area (Å²) in [6.45, 7) is 1.61. The number of benzene rings is 1. The fraction of sp³-hybridized carbons (Fsp3) is 0.250. The lowest BCUT2D eigenvalue weighted by atomic mass is 9.76. The summed E-state index contributed by atoms with van der Waals surface area (Å²) in [5.41, 5.74) is 1.08. The summed E-state index contributed by atoms with van der Waals surface area (Å²) in [5, 5.41) is 18.2. The molecule has 0 bridgehead atoms. The van der Waals surface area contributed by atoms with Crippen LogP contribution in [-0.2, 0) is 16.3 Å². The molecule has 0 radical (unpaired) electrons. The van der Waals surface area contributed by atoms with E-state index in [0.717, 1.165) is 6.07 Å². The molecule has 0 unspecified atom stereocenters. The van der Waals surface area contributed by atoms with Gasteiger partial charge in [0.05, 0.1) is 0 Å². The standard InChI is InChI=1S/C8H10BFO5S2/c1-5-6(4-16)2-7(15-17(10,13)14)3-8(5)9(11)12/h2-3,11-12,16H,4H2,1H3. The van der Waals surface area contributed by atoms with Crippen molar-refractivity contribution in [2.75, 3.05) is 0 Å². The maximum atomic E-state index is 12.3. The fourth-order valence-corrected chi connectivity index (χ4v) is 2.02. The molecule has 0 amide bonds. The SMILES string of the molecule is Cc1c(CS)cc(OS(=O)(=O)F)cc1B(O)O. The van der Waals surface area contributed by atoms with E-state index in [4.69, 9.17) is 10.0 Å². The highest BCUT2D eigenvalue weighted by molar-refractivity contribution is 7.81. The first-order valence-corrected chi connectivity index (χ1v) is 6.43. The Morgan fingerprint density at radius 2 is 2.06 bits per heavy atom. The molecule has 0 saturated heterocycles. The normalized spacial score (nSPS) is 11.4. The zero-order valence-electron chi connectivity index (χ0n) is 8.79. The Balaban J connectivity index is 3.30. The molecule has 0 aliphatic rings. The molecule has 17 heavy (non-hydrogen) atoms. The van der Waals surface area contributed by atoms with Crippen LogP contribution in [0, 0.1) is 6.92 Å². The predicted molar refractivity (Wildman–Crippen MR) is 64.4 cm³/mol. The minimum Gasteiger partial charge on any atom is -0.423 e. The maximum absolute atomic E-state index is 12.3. The minimum atomic E-state index is -5.15. The van der Waals surface area contributed by atoms with Crippen LogP contribution in [0.4, 0.5) is 3.89 Å². The molecular formula is C8H10BFO5S2.